The van der Waals surface area contributed by atoms with E-state index in [9.17, 15) is 19.3 Å². The number of nitrogens with one attached hydrogen (secondary N) is 3. The molecule has 2 aromatic rings. The average molecular weight is 419 g/mol. The first-order chi connectivity index (χ1) is 14.0. The number of nitrogens with zero attached hydrogens (tertiary/aromatic N) is 2. The second-order valence-corrected chi connectivity index (χ2v) is 6.48. The van der Waals surface area contributed by atoms with E-state index in [1.54, 1.807) is 6.07 Å². The minimum atomic E-state index is -0.626. The predicted octanol–water partition coefficient (Wildman–Crippen LogP) is 2.20. The normalized spacial score (nSPS) is 13.5. The Bertz CT molecular complexity index is 936. The number of carbonyl (C=O) groups excluding carboxylic acids is 1. The second-order valence-electron chi connectivity index (χ2n) is 6.07. The maximum atomic E-state index is 13.6. The van der Waals surface area contributed by atoms with Crippen molar-refractivity contribution in [2.24, 2.45) is 0 Å². The van der Waals surface area contributed by atoms with Crippen LogP contribution in [0.15, 0.2) is 42.5 Å². The maximum Gasteiger partial charge on any atom is 0.293 e. The van der Waals surface area contributed by atoms with E-state index in [-0.39, 0.29) is 22.1 Å². The number of para-hydroxylation sites is 1. The van der Waals surface area contributed by atoms with Gasteiger partial charge in [0.1, 0.15) is 11.5 Å². The van der Waals surface area contributed by atoms with E-state index in [0.29, 0.717) is 32.0 Å². The first-order valence-electron chi connectivity index (χ1n) is 8.68. The molecule has 0 bridgehead atoms. The number of carbonyl (C=O) groups is 1. The molecule has 1 aliphatic rings. The third-order valence-electron chi connectivity index (χ3n) is 4.20. The maximum absolute atomic E-state index is 13.6. The first kappa shape index (κ1) is 20.4. The highest BCUT2D eigenvalue weighted by atomic mass is 32.1. The van der Waals surface area contributed by atoms with Crippen LogP contribution < -0.4 is 21.1 Å². The number of ether oxygens (including phenoxy) is 1. The van der Waals surface area contributed by atoms with Crippen molar-refractivity contribution in [3.8, 4) is 0 Å². The number of rotatable bonds is 4. The summed E-state index contributed by atoms with van der Waals surface area (Å²) in [7, 11) is 0. The summed E-state index contributed by atoms with van der Waals surface area (Å²) in [6.45, 7) is 2.03. The van der Waals surface area contributed by atoms with E-state index in [1.165, 1.54) is 36.4 Å². The highest BCUT2D eigenvalue weighted by Gasteiger charge is 2.23. The molecule has 0 unspecified atom stereocenters. The van der Waals surface area contributed by atoms with Crippen LogP contribution in [0.1, 0.15) is 10.4 Å². The van der Waals surface area contributed by atoms with E-state index >= 15 is 0 Å². The van der Waals surface area contributed by atoms with Gasteiger partial charge < -0.3 is 15.0 Å². The zero-order valence-corrected chi connectivity index (χ0v) is 16.0. The molecule has 1 fully saturated rings. The Hall–Kier alpha value is -3.31. The van der Waals surface area contributed by atoms with Gasteiger partial charge in [0.2, 0.25) is 0 Å². The Morgan fingerprint density at radius 3 is 2.59 bits per heavy atom. The number of hydrogen-bond acceptors (Lipinski definition) is 6. The number of morpholine rings is 1. The molecule has 3 N–H and O–H groups in total. The summed E-state index contributed by atoms with van der Waals surface area (Å²) in [6, 6.07) is 10.1. The topological polar surface area (TPSA) is 109 Å². The summed E-state index contributed by atoms with van der Waals surface area (Å²) in [5.41, 5.74) is 5.25. The smallest absolute Gasteiger partial charge is 0.293 e. The van der Waals surface area contributed by atoms with E-state index in [2.05, 4.69) is 16.2 Å². The number of amides is 1. The lowest BCUT2D eigenvalue weighted by Gasteiger charge is -2.28. The number of benzene rings is 2. The summed E-state index contributed by atoms with van der Waals surface area (Å²) < 4.78 is 18.9. The zero-order chi connectivity index (χ0) is 20.8. The second kappa shape index (κ2) is 9.26. The minimum Gasteiger partial charge on any atom is -0.378 e. The fourth-order valence-corrected chi connectivity index (χ4v) is 2.95. The number of nitro benzene ring substituents is 1. The molecule has 1 aliphatic heterocycles. The molecule has 0 atom stereocenters. The molecule has 9 nitrogen and oxygen atoms in total. The third-order valence-corrected chi connectivity index (χ3v) is 4.40. The fraction of sp³-hybridized carbons (Fsp3) is 0.222. The van der Waals surface area contributed by atoms with Crippen molar-refractivity contribution >= 4 is 40.3 Å². The van der Waals surface area contributed by atoms with Gasteiger partial charge in [0, 0.05) is 24.7 Å². The van der Waals surface area contributed by atoms with Crippen molar-refractivity contribution < 1.29 is 18.8 Å². The monoisotopic (exact) mass is 419 g/mol. The van der Waals surface area contributed by atoms with E-state index < -0.39 is 16.6 Å². The van der Waals surface area contributed by atoms with Gasteiger partial charge in [0.05, 0.1) is 23.8 Å². The van der Waals surface area contributed by atoms with Crippen LogP contribution in [-0.2, 0) is 4.74 Å². The molecule has 0 spiro atoms. The average Bonchev–Trinajstić information content (AvgIpc) is 2.74. The van der Waals surface area contributed by atoms with Crippen LogP contribution in [-0.4, -0.2) is 42.2 Å². The van der Waals surface area contributed by atoms with Gasteiger partial charge in [0.15, 0.2) is 5.11 Å². The molecule has 0 aliphatic carbocycles. The van der Waals surface area contributed by atoms with Crippen LogP contribution in [0.3, 0.4) is 0 Å². The quantitative estimate of drug-likeness (QED) is 0.393. The standard InChI is InChI=1S/C18H18FN5O4S/c19-13-3-1-2-4-14(13)20-18(29)22-21-17(25)12-5-6-15(16(11-12)24(26)27)23-7-9-28-10-8-23/h1-6,11H,7-10H2,(H,21,25)(H2,20,22,29). The first-order valence-corrected chi connectivity index (χ1v) is 9.09. The summed E-state index contributed by atoms with van der Waals surface area (Å²) in [4.78, 5) is 25.1. The van der Waals surface area contributed by atoms with Crippen molar-refractivity contribution in [1.29, 1.82) is 0 Å². The van der Waals surface area contributed by atoms with Crippen molar-refractivity contribution in [2.45, 2.75) is 0 Å². The Morgan fingerprint density at radius 1 is 1.17 bits per heavy atom. The lowest BCUT2D eigenvalue weighted by Crippen LogP contribution is -2.43. The van der Waals surface area contributed by atoms with Crippen molar-refractivity contribution in [2.75, 3.05) is 36.5 Å². The molecule has 11 heteroatoms. The minimum absolute atomic E-state index is 0.0390. The van der Waals surface area contributed by atoms with Gasteiger partial charge in [-0.2, -0.15) is 0 Å². The Kier molecular flexibility index (Phi) is 6.52. The largest absolute Gasteiger partial charge is 0.378 e. The van der Waals surface area contributed by atoms with E-state index in [4.69, 9.17) is 17.0 Å². The molecule has 29 heavy (non-hydrogen) atoms. The summed E-state index contributed by atoms with van der Waals surface area (Å²) in [6.07, 6.45) is 0. The SMILES string of the molecule is O=C(NNC(=S)Nc1ccccc1F)c1ccc(N2CCOCC2)c([N+](=O)[O-])c1. The van der Waals surface area contributed by atoms with E-state index in [1.807, 2.05) is 4.90 Å². The van der Waals surface area contributed by atoms with Crippen molar-refractivity contribution in [3.63, 3.8) is 0 Å². The van der Waals surface area contributed by atoms with Crippen molar-refractivity contribution in [3.05, 3.63) is 64.0 Å². The Balaban J connectivity index is 1.65. The number of nitro groups is 1. The van der Waals surface area contributed by atoms with Crippen LogP contribution in [0.5, 0.6) is 0 Å². The Morgan fingerprint density at radius 2 is 1.90 bits per heavy atom. The summed E-state index contributed by atoms with van der Waals surface area (Å²) >= 11 is 5.01. The number of hydrazine groups is 1. The molecular weight excluding hydrogens is 401 g/mol. The number of anilines is 2. The number of thiocarbonyl (C=S) groups is 1. The predicted molar refractivity (Wildman–Crippen MR) is 109 cm³/mol. The fourth-order valence-electron chi connectivity index (χ4n) is 2.78. The van der Waals surface area contributed by atoms with Gasteiger partial charge in [-0.25, -0.2) is 4.39 Å². The highest BCUT2D eigenvalue weighted by molar-refractivity contribution is 7.80. The molecule has 2 aromatic carbocycles. The zero-order valence-electron chi connectivity index (χ0n) is 15.2. The van der Waals surface area contributed by atoms with Gasteiger partial charge in [-0.15, -0.1) is 0 Å². The van der Waals surface area contributed by atoms with Crippen LogP contribution in [0.2, 0.25) is 0 Å². The van der Waals surface area contributed by atoms with Crippen molar-refractivity contribution in [1.82, 2.24) is 10.9 Å². The van der Waals surface area contributed by atoms with Crippen LogP contribution in [0, 0.1) is 15.9 Å². The lowest BCUT2D eigenvalue weighted by molar-refractivity contribution is -0.384. The molecule has 1 amide bonds. The Labute approximate surface area is 171 Å². The molecule has 3 rings (SSSR count). The van der Waals surface area contributed by atoms with Crippen LogP contribution in [0.4, 0.5) is 21.5 Å². The van der Waals surface area contributed by atoms with Gasteiger partial charge in [-0.05, 0) is 36.5 Å². The molecule has 152 valence electrons. The molecule has 0 saturated carbocycles. The van der Waals surface area contributed by atoms with Crippen LogP contribution in [0.25, 0.3) is 0 Å². The number of hydrogen-bond donors (Lipinski definition) is 3. The molecule has 0 radical (unpaired) electrons. The molecule has 0 aromatic heterocycles. The number of halogens is 1. The summed E-state index contributed by atoms with van der Waals surface area (Å²) in [5, 5.41) is 14.0. The van der Waals surface area contributed by atoms with Gasteiger partial charge >= 0.3 is 0 Å². The van der Waals surface area contributed by atoms with Gasteiger partial charge in [-0.1, -0.05) is 12.1 Å². The summed E-state index contributed by atoms with van der Waals surface area (Å²) in [5.74, 6) is -1.13. The molecule has 1 heterocycles. The highest BCUT2D eigenvalue weighted by Crippen LogP contribution is 2.29. The molecule has 1 saturated heterocycles. The van der Waals surface area contributed by atoms with Gasteiger partial charge in [0.25, 0.3) is 11.6 Å². The molecular formula is C18H18FN5O4S. The van der Waals surface area contributed by atoms with Crippen LogP contribution >= 0.6 is 12.2 Å². The third kappa shape index (κ3) is 5.15. The lowest BCUT2D eigenvalue weighted by atomic mass is 10.1. The van der Waals surface area contributed by atoms with E-state index in [0.717, 1.165) is 0 Å². The van der Waals surface area contributed by atoms with Gasteiger partial charge in [-0.3, -0.25) is 25.8 Å².